The van der Waals surface area contributed by atoms with E-state index in [-0.39, 0.29) is 6.10 Å². The molecule has 6 heteroatoms. The third-order valence-electron chi connectivity index (χ3n) is 12.7. The van der Waals surface area contributed by atoms with Crippen LogP contribution in [0.2, 0.25) is 0 Å². The molecule has 1 N–H and O–H groups in total. The zero-order chi connectivity index (χ0) is 27.5. The summed E-state index contributed by atoms with van der Waals surface area (Å²) >= 11 is 0. The number of carbonyl (C=O) groups is 1. The molecule has 1 aromatic rings. The molecule has 9 atom stereocenters. The Labute approximate surface area is 236 Å². The van der Waals surface area contributed by atoms with Crippen molar-refractivity contribution in [3.8, 4) is 0 Å². The van der Waals surface area contributed by atoms with Gasteiger partial charge in [-0.1, -0.05) is 32.4 Å². The summed E-state index contributed by atoms with van der Waals surface area (Å²) in [4.78, 5) is 22.1. The number of amides is 1. The van der Waals surface area contributed by atoms with Gasteiger partial charge in [0, 0.05) is 39.1 Å². The molecule has 3 saturated carbocycles. The Kier molecular flexibility index (Phi) is 7.17. The first-order valence-corrected chi connectivity index (χ1v) is 16.0. The van der Waals surface area contributed by atoms with Gasteiger partial charge in [0.2, 0.25) is 5.91 Å². The van der Waals surface area contributed by atoms with Crippen LogP contribution in [0.4, 0.5) is 5.82 Å². The molecule has 216 valence electrons. The Balaban J connectivity index is 1.06. The van der Waals surface area contributed by atoms with E-state index in [2.05, 4.69) is 53.1 Å². The van der Waals surface area contributed by atoms with Gasteiger partial charge in [0.25, 0.3) is 0 Å². The van der Waals surface area contributed by atoms with Crippen LogP contribution in [0.25, 0.3) is 0 Å². The van der Waals surface area contributed by atoms with Gasteiger partial charge >= 0.3 is 0 Å². The number of piperazine rings is 1. The fourth-order valence-electron chi connectivity index (χ4n) is 10.5. The van der Waals surface area contributed by atoms with Crippen LogP contribution in [-0.2, 0) is 11.8 Å². The van der Waals surface area contributed by atoms with E-state index in [9.17, 15) is 9.90 Å². The molecule has 0 unspecified atom stereocenters. The van der Waals surface area contributed by atoms with Gasteiger partial charge in [-0.3, -0.25) is 4.79 Å². The molecule has 1 aromatic heterocycles. The van der Waals surface area contributed by atoms with Gasteiger partial charge in [-0.2, -0.15) is 0 Å². The van der Waals surface area contributed by atoms with Crippen LogP contribution in [0.1, 0.15) is 91.9 Å². The predicted molar refractivity (Wildman–Crippen MR) is 156 cm³/mol. The lowest BCUT2D eigenvalue weighted by Gasteiger charge is -2.58. The highest BCUT2D eigenvalue weighted by molar-refractivity contribution is 5.76. The third kappa shape index (κ3) is 4.57. The second-order valence-electron chi connectivity index (χ2n) is 14.6. The highest BCUT2D eigenvalue weighted by Gasteiger charge is 2.59. The molecule has 6 rings (SSSR count). The van der Waals surface area contributed by atoms with E-state index in [0.717, 1.165) is 68.4 Å². The predicted octanol–water partition coefficient (Wildman–Crippen LogP) is 5.81. The Hall–Kier alpha value is -1.82. The fourth-order valence-corrected chi connectivity index (χ4v) is 10.5. The number of allylic oxidation sites excluding steroid dienone is 1. The minimum absolute atomic E-state index is 0.123. The van der Waals surface area contributed by atoms with Crippen molar-refractivity contribution in [2.45, 2.75) is 104 Å². The quantitative estimate of drug-likeness (QED) is 0.482. The van der Waals surface area contributed by atoms with Crippen molar-refractivity contribution in [2.24, 2.45) is 47.5 Å². The molecular formula is C33H52N4O2. The Bertz CT molecular complexity index is 1100. The molecule has 0 aromatic carbocycles. The second kappa shape index (κ2) is 10.2. The zero-order valence-electron chi connectivity index (χ0n) is 25.1. The lowest BCUT2D eigenvalue weighted by molar-refractivity contribution is -0.132. The van der Waals surface area contributed by atoms with Crippen molar-refractivity contribution in [1.29, 1.82) is 0 Å². The fraction of sp³-hybridized carbons (Fsp3) is 0.818. The van der Waals surface area contributed by atoms with E-state index >= 15 is 0 Å². The molecule has 4 aliphatic carbocycles. The number of aryl methyl sites for hydroxylation is 1. The Morgan fingerprint density at radius 2 is 1.97 bits per heavy atom. The Morgan fingerprint density at radius 3 is 2.72 bits per heavy atom. The molecule has 39 heavy (non-hydrogen) atoms. The maximum Gasteiger partial charge on any atom is 0.222 e. The number of nitrogens with zero attached hydrogens (tertiary/aromatic N) is 4. The third-order valence-corrected chi connectivity index (χ3v) is 12.7. The number of aliphatic hydroxyl groups is 1. The van der Waals surface area contributed by atoms with Crippen molar-refractivity contribution in [3.63, 3.8) is 0 Å². The molecule has 1 amide bonds. The van der Waals surface area contributed by atoms with Gasteiger partial charge in [-0.25, -0.2) is 4.98 Å². The average Bonchev–Trinajstić information content (AvgIpc) is 3.50. The van der Waals surface area contributed by atoms with Crippen molar-refractivity contribution >= 4 is 11.7 Å². The first-order valence-electron chi connectivity index (χ1n) is 16.0. The normalized spacial score (nSPS) is 40.9. The molecular weight excluding hydrogens is 484 g/mol. The van der Waals surface area contributed by atoms with E-state index in [1.165, 1.54) is 38.5 Å². The van der Waals surface area contributed by atoms with Crippen molar-refractivity contribution in [3.05, 3.63) is 24.2 Å². The number of rotatable bonds is 5. The number of fused-ring (bicyclic) bond motifs is 5. The van der Waals surface area contributed by atoms with Crippen molar-refractivity contribution in [2.75, 3.05) is 24.5 Å². The van der Waals surface area contributed by atoms with Crippen molar-refractivity contribution < 1.29 is 9.90 Å². The van der Waals surface area contributed by atoms with Gasteiger partial charge in [-0.15, -0.1) is 0 Å². The number of hydrogen-bond donors (Lipinski definition) is 1. The number of hydrogen-bond acceptors (Lipinski definition) is 4. The van der Waals surface area contributed by atoms with Crippen LogP contribution in [-0.4, -0.2) is 57.2 Å². The van der Waals surface area contributed by atoms with Gasteiger partial charge in [0.05, 0.1) is 18.6 Å². The lowest BCUT2D eigenvalue weighted by Crippen LogP contribution is -2.54. The molecule has 1 saturated heterocycles. The molecule has 2 heterocycles. The number of carbonyl (C=O) groups excluding carboxylic acids is 1. The molecule has 6 nitrogen and oxygen atoms in total. The summed E-state index contributed by atoms with van der Waals surface area (Å²) in [6.07, 6.45) is 17.6. The van der Waals surface area contributed by atoms with Crippen LogP contribution in [0.3, 0.4) is 0 Å². The smallest absolute Gasteiger partial charge is 0.222 e. The largest absolute Gasteiger partial charge is 0.393 e. The van der Waals surface area contributed by atoms with E-state index in [1.54, 1.807) is 5.57 Å². The lowest BCUT2D eigenvalue weighted by atomic mass is 9.47. The van der Waals surface area contributed by atoms with Crippen molar-refractivity contribution in [1.82, 2.24) is 14.5 Å². The second-order valence-corrected chi connectivity index (χ2v) is 14.6. The summed E-state index contributed by atoms with van der Waals surface area (Å²) in [7, 11) is 2.04. The maximum absolute atomic E-state index is 13.3. The van der Waals surface area contributed by atoms with Crippen LogP contribution in [0.5, 0.6) is 0 Å². The molecule has 0 bridgehead atoms. The van der Waals surface area contributed by atoms with Crippen LogP contribution in [0.15, 0.2) is 24.2 Å². The SMILES string of the molecule is C[C@H](CCC(=O)N1CCN(c2cncn2C)[C@@H](C)C1)[C@H]1CC[C@H]2[C@@H]3CC=C4C[C@@H](O)CC[C@]4(C)[C@H]3CC[C@]12C. The van der Waals surface area contributed by atoms with Gasteiger partial charge in [-0.05, 0) is 105 Å². The summed E-state index contributed by atoms with van der Waals surface area (Å²) in [6, 6.07) is 0.305. The molecule has 4 fully saturated rings. The maximum atomic E-state index is 13.3. The van der Waals surface area contributed by atoms with Crippen LogP contribution in [0, 0.1) is 40.4 Å². The van der Waals surface area contributed by atoms with Gasteiger partial charge in [0.1, 0.15) is 5.82 Å². The minimum Gasteiger partial charge on any atom is -0.393 e. The number of aromatic nitrogens is 2. The van der Waals surface area contributed by atoms with Gasteiger partial charge in [0.15, 0.2) is 0 Å². The van der Waals surface area contributed by atoms with Crippen LogP contribution < -0.4 is 4.90 Å². The van der Waals surface area contributed by atoms with E-state index < -0.39 is 0 Å². The summed E-state index contributed by atoms with van der Waals surface area (Å²) in [5, 5.41) is 10.3. The monoisotopic (exact) mass is 536 g/mol. The number of imidazole rings is 1. The van der Waals surface area contributed by atoms with E-state index in [1.807, 2.05) is 19.6 Å². The minimum atomic E-state index is -0.123. The standard InChI is InChI=1S/C33H52N4O2/c1-22(6-11-31(39)36-16-17-37(23(2)20-36)30-19-34-21-35(30)5)27-9-10-28-26-8-7-24-18-25(38)12-14-32(24,3)29(26)13-15-33(27,28)4/h7,19,21-23,25-29,38H,6,8-18,20H2,1-5H3/t22-,23+,25+,26+,27-,28+,29+,32+,33-/m1/s1. The van der Waals surface area contributed by atoms with E-state index in [4.69, 9.17) is 0 Å². The number of anilines is 1. The summed E-state index contributed by atoms with van der Waals surface area (Å²) in [6.45, 7) is 12.3. The van der Waals surface area contributed by atoms with Gasteiger partial charge < -0.3 is 19.5 Å². The Morgan fingerprint density at radius 1 is 1.15 bits per heavy atom. The summed E-state index contributed by atoms with van der Waals surface area (Å²) in [5.74, 6) is 5.25. The average molecular weight is 537 g/mol. The topological polar surface area (TPSA) is 61.6 Å². The molecule has 5 aliphatic rings. The van der Waals surface area contributed by atoms with E-state index in [0.29, 0.717) is 35.1 Å². The molecule has 1 aliphatic heterocycles. The highest BCUT2D eigenvalue weighted by atomic mass is 16.3. The highest BCUT2D eigenvalue weighted by Crippen LogP contribution is 2.67. The summed E-state index contributed by atoms with van der Waals surface area (Å²) < 4.78 is 2.07. The first-order chi connectivity index (χ1) is 18.6. The molecule has 0 radical (unpaired) electrons. The zero-order valence-corrected chi connectivity index (χ0v) is 25.1. The summed E-state index contributed by atoms with van der Waals surface area (Å²) in [5.41, 5.74) is 2.31. The number of aliphatic hydroxyl groups excluding tert-OH is 1. The van der Waals surface area contributed by atoms with Crippen LogP contribution >= 0.6 is 0 Å². The first kappa shape index (κ1) is 27.4. The molecule has 0 spiro atoms.